The second-order valence-electron chi connectivity index (χ2n) is 5.41. The quantitative estimate of drug-likeness (QED) is 0.454. The number of allylic oxidation sites excluding steroid dienone is 7. The van der Waals surface area contributed by atoms with Gasteiger partial charge in [0, 0.05) is 0 Å². The van der Waals surface area contributed by atoms with Crippen molar-refractivity contribution in [3.05, 3.63) is 73.1 Å². The van der Waals surface area contributed by atoms with Crippen molar-refractivity contribution < 1.29 is 5.11 Å². The smallest absolute Gasteiger partial charge is 0.115 e. The lowest BCUT2D eigenvalue weighted by atomic mass is 10.0. The van der Waals surface area contributed by atoms with Crippen molar-refractivity contribution in [2.24, 2.45) is 11.8 Å². The highest BCUT2D eigenvalue weighted by Crippen LogP contribution is 2.09. The number of hydrogen-bond acceptors (Lipinski definition) is 1. The van der Waals surface area contributed by atoms with Crippen molar-refractivity contribution in [2.45, 2.75) is 34.6 Å². The molecule has 0 aromatic rings. The van der Waals surface area contributed by atoms with Gasteiger partial charge in [-0.25, -0.2) is 0 Å². The molecule has 0 aliphatic heterocycles. The van der Waals surface area contributed by atoms with Crippen LogP contribution in [0.25, 0.3) is 0 Å². The van der Waals surface area contributed by atoms with Crippen LogP contribution in [0.2, 0.25) is 0 Å². The van der Waals surface area contributed by atoms with E-state index in [0.717, 1.165) is 16.7 Å². The first-order chi connectivity index (χ1) is 9.11. The summed E-state index contributed by atoms with van der Waals surface area (Å²) in [5.74, 6) is 1.09. The highest BCUT2D eigenvalue weighted by atomic mass is 16.3. The Hall–Kier alpha value is -1.76. The minimum absolute atomic E-state index is 0.179. The standard InChI is InChI=1S/C10H16.C9H14O/c1-8(2)6-7-10(5)9(3)4;1-5-9(10)6-8(4)7(2)3/h6-7,9H,1,5H2,2-4H3;5-7,10H,1,4H2,2-3H3/b7-6-;9-6+. The normalized spacial score (nSPS) is 11.2. The van der Waals surface area contributed by atoms with Gasteiger partial charge in [-0.15, -0.1) is 0 Å². The molecule has 0 aliphatic carbocycles. The van der Waals surface area contributed by atoms with Gasteiger partial charge in [0.25, 0.3) is 0 Å². The van der Waals surface area contributed by atoms with Gasteiger partial charge in [0.15, 0.2) is 0 Å². The second kappa shape index (κ2) is 11.1. The summed E-state index contributed by atoms with van der Waals surface area (Å²) in [4.78, 5) is 0. The van der Waals surface area contributed by atoms with Gasteiger partial charge in [0.05, 0.1) is 0 Å². The van der Waals surface area contributed by atoms with E-state index in [1.807, 2.05) is 32.9 Å². The largest absolute Gasteiger partial charge is 0.508 e. The van der Waals surface area contributed by atoms with Crippen molar-refractivity contribution in [3.8, 4) is 0 Å². The van der Waals surface area contributed by atoms with Crippen LogP contribution in [-0.4, -0.2) is 5.11 Å². The van der Waals surface area contributed by atoms with Crippen LogP contribution in [-0.2, 0) is 0 Å². The van der Waals surface area contributed by atoms with Gasteiger partial charge < -0.3 is 5.11 Å². The first kappa shape index (κ1) is 20.6. The molecular formula is C19H30O. The van der Waals surface area contributed by atoms with Crippen LogP contribution in [0.4, 0.5) is 0 Å². The fourth-order valence-corrected chi connectivity index (χ4v) is 0.857. The molecule has 20 heavy (non-hydrogen) atoms. The van der Waals surface area contributed by atoms with Gasteiger partial charge in [0.1, 0.15) is 5.76 Å². The van der Waals surface area contributed by atoms with E-state index in [0.29, 0.717) is 11.8 Å². The molecule has 0 saturated heterocycles. The molecule has 1 nitrogen and oxygen atoms in total. The molecular weight excluding hydrogens is 244 g/mol. The van der Waals surface area contributed by atoms with Gasteiger partial charge in [-0.05, 0) is 36.5 Å². The number of rotatable bonds is 6. The van der Waals surface area contributed by atoms with Gasteiger partial charge in [-0.3, -0.25) is 0 Å². The molecule has 112 valence electrons. The molecule has 0 aliphatic rings. The predicted molar refractivity (Wildman–Crippen MR) is 92.8 cm³/mol. The highest BCUT2D eigenvalue weighted by molar-refractivity contribution is 5.24. The van der Waals surface area contributed by atoms with Crippen LogP contribution in [0, 0.1) is 11.8 Å². The van der Waals surface area contributed by atoms with Crippen LogP contribution in [0.3, 0.4) is 0 Å². The van der Waals surface area contributed by atoms with Crippen molar-refractivity contribution in [1.82, 2.24) is 0 Å². The zero-order valence-electron chi connectivity index (χ0n) is 13.7. The summed E-state index contributed by atoms with van der Waals surface area (Å²) in [6.07, 6.45) is 7.03. The van der Waals surface area contributed by atoms with Crippen molar-refractivity contribution in [2.75, 3.05) is 0 Å². The summed E-state index contributed by atoms with van der Waals surface area (Å²) in [6, 6.07) is 0. The van der Waals surface area contributed by atoms with Gasteiger partial charge in [-0.1, -0.05) is 77.3 Å². The zero-order chi connectivity index (χ0) is 16.3. The third-order valence-corrected chi connectivity index (χ3v) is 2.61. The number of aliphatic hydroxyl groups is 1. The Morgan fingerprint density at radius 2 is 1.35 bits per heavy atom. The van der Waals surface area contributed by atoms with Crippen LogP contribution in [0.1, 0.15) is 34.6 Å². The zero-order valence-corrected chi connectivity index (χ0v) is 13.7. The van der Waals surface area contributed by atoms with E-state index in [9.17, 15) is 0 Å². The lowest BCUT2D eigenvalue weighted by molar-refractivity contribution is 0.431. The average molecular weight is 274 g/mol. The molecule has 0 atom stereocenters. The molecule has 0 rings (SSSR count). The molecule has 0 fully saturated rings. The highest BCUT2D eigenvalue weighted by Gasteiger charge is 1.95. The minimum Gasteiger partial charge on any atom is -0.508 e. The van der Waals surface area contributed by atoms with Crippen molar-refractivity contribution in [3.63, 3.8) is 0 Å². The molecule has 0 unspecified atom stereocenters. The molecule has 0 aromatic carbocycles. The molecule has 0 bridgehead atoms. The molecule has 1 heteroatoms. The van der Waals surface area contributed by atoms with Crippen LogP contribution >= 0.6 is 0 Å². The third-order valence-electron chi connectivity index (χ3n) is 2.61. The van der Waals surface area contributed by atoms with E-state index >= 15 is 0 Å². The van der Waals surface area contributed by atoms with Crippen LogP contribution in [0.5, 0.6) is 0 Å². The fraction of sp³-hybridized carbons (Fsp3) is 0.368. The summed E-state index contributed by atoms with van der Waals surface area (Å²) >= 11 is 0. The summed E-state index contributed by atoms with van der Waals surface area (Å²) in [6.45, 7) is 25.1. The second-order valence-corrected chi connectivity index (χ2v) is 5.41. The number of aliphatic hydroxyl groups excluding tert-OH is 1. The fourth-order valence-electron chi connectivity index (χ4n) is 0.857. The molecule has 0 heterocycles. The molecule has 0 spiro atoms. The van der Waals surface area contributed by atoms with Gasteiger partial charge in [-0.2, -0.15) is 0 Å². The Kier molecular flexibility index (Phi) is 11.4. The molecule has 0 amide bonds. The summed E-state index contributed by atoms with van der Waals surface area (Å²) < 4.78 is 0. The predicted octanol–water partition coefficient (Wildman–Crippen LogP) is 6.16. The van der Waals surface area contributed by atoms with E-state index in [-0.39, 0.29) is 5.76 Å². The maximum atomic E-state index is 8.96. The Bertz CT molecular complexity index is 403. The lowest BCUT2D eigenvalue weighted by Crippen LogP contribution is -1.88. The SMILES string of the molecule is C=C(C)/C=C\C(=C)C(C)C.C=C/C(O)=C\C(=C)C(C)C. The molecule has 0 aromatic heterocycles. The summed E-state index contributed by atoms with van der Waals surface area (Å²) in [5.41, 5.74) is 3.14. The van der Waals surface area contributed by atoms with E-state index < -0.39 is 0 Å². The molecule has 0 radical (unpaired) electrons. The average Bonchev–Trinajstić information content (AvgIpc) is 2.35. The van der Waals surface area contributed by atoms with Gasteiger partial charge in [0.2, 0.25) is 0 Å². The van der Waals surface area contributed by atoms with Crippen LogP contribution < -0.4 is 0 Å². The maximum Gasteiger partial charge on any atom is 0.115 e. The van der Waals surface area contributed by atoms with E-state index in [4.69, 9.17) is 5.11 Å². The Morgan fingerprint density at radius 3 is 1.65 bits per heavy atom. The number of hydrogen-bond donors (Lipinski definition) is 1. The molecule has 0 saturated carbocycles. The van der Waals surface area contributed by atoms with E-state index in [1.165, 1.54) is 6.08 Å². The summed E-state index contributed by atoms with van der Waals surface area (Å²) in [5, 5.41) is 8.96. The third kappa shape index (κ3) is 12.7. The molecule has 1 N–H and O–H groups in total. The lowest BCUT2D eigenvalue weighted by Gasteiger charge is -2.02. The van der Waals surface area contributed by atoms with E-state index in [2.05, 4.69) is 40.2 Å². The van der Waals surface area contributed by atoms with Crippen molar-refractivity contribution >= 4 is 0 Å². The Morgan fingerprint density at radius 1 is 0.900 bits per heavy atom. The van der Waals surface area contributed by atoms with Crippen molar-refractivity contribution in [1.29, 1.82) is 0 Å². The first-order valence-corrected chi connectivity index (χ1v) is 6.86. The van der Waals surface area contributed by atoms with Gasteiger partial charge >= 0.3 is 0 Å². The minimum atomic E-state index is 0.179. The monoisotopic (exact) mass is 274 g/mol. The van der Waals surface area contributed by atoms with E-state index in [1.54, 1.807) is 6.08 Å². The Labute approximate surface area is 125 Å². The summed E-state index contributed by atoms with van der Waals surface area (Å²) in [7, 11) is 0. The topological polar surface area (TPSA) is 20.2 Å². The maximum absolute atomic E-state index is 8.96. The first-order valence-electron chi connectivity index (χ1n) is 6.86. The van der Waals surface area contributed by atoms with Crippen LogP contribution in [0.15, 0.2) is 73.1 Å². The Balaban J connectivity index is 0.